The molecule has 0 saturated carbocycles. The first-order valence-electron chi connectivity index (χ1n) is 9.58. The Hall–Kier alpha value is -2.54. The quantitative estimate of drug-likeness (QED) is 0.557. The SMILES string of the molecule is CN=C(NCC(c1cnn(C)c1)N(C)C)N(C)CCOc1cc(C)cc(C)c1. The second kappa shape index (κ2) is 10.1. The van der Waals surface area contributed by atoms with Gasteiger partial charge >= 0.3 is 0 Å². The highest BCUT2D eigenvalue weighted by atomic mass is 16.5. The van der Waals surface area contributed by atoms with Gasteiger partial charge in [0.25, 0.3) is 0 Å². The lowest BCUT2D eigenvalue weighted by molar-refractivity contribution is 0.275. The van der Waals surface area contributed by atoms with E-state index >= 15 is 0 Å². The molecule has 1 unspecified atom stereocenters. The van der Waals surface area contributed by atoms with E-state index in [0.29, 0.717) is 6.61 Å². The van der Waals surface area contributed by atoms with Crippen molar-refractivity contribution in [3.05, 3.63) is 47.3 Å². The molecule has 0 bridgehead atoms. The molecule has 1 N–H and O–H groups in total. The minimum Gasteiger partial charge on any atom is -0.492 e. The lowest BCUT2D eigenvalue weighted by atomic mass is 10.1. The van der Waals surface area contributed by atoms with Gasteiger partial charge in [-0.3, -0.25) is 9.67 Å². The molecule has 2 rings (SSSR count). The van der Waals surface area contributed by atoms with Gasteiger partial charge in [0.1, 0.15) is 12.4 Å². The molecular formula is C21H34N6O. The molecule has 0 aliphatic rings. The van der Waals surface area contributed by atoms with E-state index in [-0.39, 0.29) is 6.04 Å². The number of ether oxygens (including phenoxy) is 1. The number of nitrogens with zero attached hydrogens (tertiary/aromatic N) is 5. The van der Waals surface area contributed by atoms with Crippen molar-refractivity contribution in [2.45, 2.75) is 19.9 Å². The third-order valence-corrected chi connectivity index (χ3v) is 4.65. The van der Waals surface area contributed by atoms with E-state index in [2.05, 4.69) is 77.5 Å². The maximum Gasteiger partial charge on any atom is 0.193 e. The zero-order valence-corrected chi connectivity index (χ0v) is 18.2. The van der Waals surface area contributed by atoms with Gasteiger partial charge in [-0.2, -0.15) is 5.10 Å². The van der Waals surface area contributed by atoms with Crippen LogP contribution in [-0.4, -0.2) is 73.4 Å². The summed E-state index contributed by atoms with van der Waals surface area (Å²) in [6, 6.07) is 6.49. The monoisotopic (exact) mass is 386 g/mol. The molecular weight excluding hydrogens is 352 g/mol. The molecule has 0 saturated heterocycles. The third kappa shape index (κ3) is 6.27. The Kier molecular flexibility index (Phi) is 7.87. The summed E-state index contributed by atoms with van der Waals surface area (Å²) in [5.41, 5.74) is 3.60. The van der Waals surface area contributed by atoms with Crippen LogP contribution in [0.25, 0.3) is 0 Å². The molecule has 0 aliphatic carbocycles. The molecule has 28 heavy (non-hydrogen) atoms. The fraction of sp³-hybridized carbons (Fsp3) is 0.524. The van der Waals surface area contributed by atoms with Crippen LogP contribution in [-0.2, 0) is 7.05 Å². The molecule has 1 atom stereocenters. The summed E-state index contributed by atoms with van der Waals surface area (Å²) in [7, 11) is 9.91. The standard InChI is InChI=1S/C21H34N6O/c1-16-10-17(2)12-19(11-16)28-9-8-26(6)21(22-3)23-14-20(25(4)5)18-13-24-27(7)15-18/h10-13,15,20H,8-9,14H2,1-7H3,(H,22,23). The van der Waals surface area contributed by atoms with Crippen LogP contribution in [0.5, 0.6) is 5.75 Å². The Balaban J connectivity index is 1.87. The lowest BCUT2D eigenvalue weighted by Crippen LogP contribution is -2.44. The van der Waals surface area contributed by atoms with Gasteiger partial charge in [-0.1, -0.05) is 6.07 Å². The molecule has 2 aromatic rings. The van der Waals surface area contributed by atoms with Gasteiger partial charge in [0.2, 0.25) is 0 Å². The predicted molar refractivity (Wildman–Crippen MR) is 115 cm³/mol. The van der Waals surface area contributed by atoms with Crippen LogP contribution in [0.4, 0.5) is 0 Å². The van der Waals surface area contributed by atoms with Gasteiger partial charge in [0.05, 0.1) is 18.8 Å². The van der Waals surface area contributed by atoms with Gasteiger partial charge in [-0.05, 0) is 51.2 Å². The molecule has 0 spiro atoms. The Morgan fingerprint density at radius 2 is 1.89 bits per heavy atom. The van der Waals surface area contributed by atoms with Crippen LogP contribution in [0.1, 0.15) is 22.7 Å². The highest BCUT2D eigenvalue weighted by molar-refractivity contribution is 5.79. The Morgan fingerprint density at radius 3 is 2.43 bits per heavy atom. The number of guanidine groups is 1. The maximum atomic E-state index is 5.93. The van der Waals surface area contributed by atoms with E-state index in [0.717, 1.165) is 24.8 Å². The van der Waals surface area contributed by atoms with E-state index in [4.69, 9.17) is 4.74 Å². The second-order valence-corrected chi connectivity index (χ2v) is 7.45. The van der Waals surface area contributed by atoms with E-state index < -0.39 is 0 Å². The summed E-state index contributed by atoms with van der Waals surface area (Å²) in [4.78, 5) is 8.67. The van der Waals surface area contributed by atoms with Crippen LogP contribution in [0, 0.1) is 13.8 Å². The van der Waals surface area contributed by atoms with Crippen molar-refractivity contribution in [3.63, 3.8) is 0 Å². The van der Waals surface area contributed by atoms with Gasteiger partial charge in [0, 0.05) is 39.4 Å². The van der Waals surface area contributed by atoms with Crippen molar-refractivity contribution >= 4 is 5.96 Å². The summed E-state index contributed by atoms with van der Waals surface area (Å²) in [5.74, 6) is 1.76. The smallest absolute Gasteiger partial charge is 0.193 e. The number of likely N-dealkylation sites (N-methyl/N-ethyl adjacent to an activating group) is 2. The first kappa shape index (κ1) is 21.8. The van der Waals surface area contributed by atoms with Crippen molar-refractivity contribution in [2.75, 3.05) is 47.9 Å². The molecule has 0 amide bonds. The Bertz CT molecular complexity index is 763. The second-order valence-electron chi connectivity index (χ2n) is 7.45. The third-order valence-electron chi connectivity index (χ3n) is 4.65. The van der Waals surface area contributed by atoms with E-state index in [1.54, 1.807) is 7.05 Å². The largest absolute Gasteiger partial charge is 0.492 e. The van der Waals surface area contributed by atoms with Crippen LogP contribution < -0.4 is 10.1 Å². The molecule has 1 aromatic carbocycles. The summed E-state index contributed by atoms with van der Waals surface area (Å²) in [6.45, 7) is 6.25. The van der Waals surface area contributed by atoms with Crippen LogP contribution in [0.15, 0.2) is 35.6 Å². The van der Waals surface area contributed by atoms with Gasteiger partial charge in [0.15, 0.2) is 5.96 Å². The number of rotatable bonds is 8. The topological polar surface area (TPSA) is 57.9 Å². The van der Waals surface area contributed by atoms with Gasteiger partial charge < -0.3 is 19.9 Å². The molecule has 0 fully saturated rings. The lowest BCUT2D eigenvalue weighted by Gasteiger charge is -2.27. The maximum absolute atomic E-state index is 5.93. The van der Waals surface area contributed by atoms with Gasteiger partial charge in [-0.25, -0.2) is 0 Å². The van der Waals surface area contributed by atoms with Gasteiger partial charge in [-0.15, -0.1) is 0 Å². The molecule has 1 heterocycles. The predicted octanol–water partition coefficient (Wildman–Crippen LogP) is 2.23. The van der Waals surface area contributed by atoms with Crippen molar-refractivity contribution in [1.82, 2.24) is 24.9 Å². The van der Waals surface area contributed by atoms with Crippen LogP contribution in [0.2, 0.25) is 0 Å². The first-order chi connectivity index (χ1) is 13.3. The number of nitrogens with one attached hydrogen (secondary N) is 1. The summed E-state index contributed by atoms with van der Waals surface area (Å²) in [5, 5.41) is 7.76. The van der Waals surface area contributed by atoms with Crippen molar-refractivity contribution in [2.24, 2.45) is 12.0 Å². The number of hydrogen-bond acceptors (Lipinski definition) is 4. The van der Waals surface area contributed by atoms with E-state index in [9.17, 15) is 0 Å². The first-order valence-corrected chi connectivity index (χ1v) is 9.58. The summed E-state index contributed by atoms with van der Waals surface area (Å²) < 4.78 is 7.76. The van der Waals surface area contributed by atoms with Crippen molar-refractivity contribution in [3.8, 4) is 5.75 Å². The minimum absolute atomic E-state index is 0.213. The Morgan fingerprint density at radius 1 is 1.21 bits per heavy atom. The fourth-order valence-corrected chi connectivity index (χ4v) is 3.21. The highest BCUT2D eigenvalue weighted by Crippen LogP contribution is 2.17. The molecule has 154 valence electrons. The average molecular weight is 387 g/mol. The molecule has 1 aromatic heterocycles. The minimum atomic E-state index is 0.213. The number of aliphatic imine (C=N–C) groups is 1. The number of benzene rings is 1. The summed E-state index contributed by atoms with van der Waals surface area (Å²) >= 11 is 0. The van der Waals surface area contributed by atoms with Crippen LogP contribution >= 0.6 is 0 Å². The van der Waals surface area contributed by atoms with Crippen molar-refractivity contribution in [1.29, 1.82) is 0 Å². The number of aryl methyl sites for hydroxylation is 3. The number of aromatic nitrogens is 2. The summed E-state index contributed by atoms with van der Waals surface area (Å²) in [6.07, 6.45) is 3.97. The Labute approximate surface area is 169 Å². The normalized spacial score (nSPS) is 12.9. The average Bonchev–Trinajstić information content (AvgIpc) is 3.03. The number of hydrogen-bond donors (Lipinski definition) is 1. The molecule has 7 nitrogen and oxygen atoms in total. The zero-order chi connectivity index (χ0) is 20.7. The zero-order valence-electron chi connectivity index (χ0n) is 18.2. The van der Waals surface area contributed by atoms with E-state index in [1.807, 2.05) is 25.0 Å². The molecule has 0 radical (unpaired) electrons. The fourth-order valence-electron chi connectivity index (χ4n) is 3.21. The van der Waals surface area contributed by atoms with Crippen LogP contribution in [0.3, 0.4) is 0 Å². The highest BCUT2D eigenvalue weighted by Gasteiger charge is 2.17. The molecule has 7 heteroatoms. The van der Waals surface area contributed by atoms with E-state index in [1.165, 1.54) is 16.7 Å². The van der Waals surface area contributed by atoms with Crippen molar-refractivity contribution < 1.29 is 4.74 Å². The molecule has 0 aliphatic heterocycles.